The minimum absolute atomic E-state index is 0. The molecule has 1 aliphatic rings. The summed E-state index contributed by atoms with van der Waals surface area (Å²) in [7, 11) is 0. The van der Waals surface area contributed by atoms with Crippen molar-refractivity contribution in [3.05, 3.63) is 64.7 Å². The number of carbonyl (C=O) groups excluding carboxylic acids is 1. The molecule has 1 fully saturated rings. The Morgan fingerprint density at radius 1 is 1.21 bits per heavy atom. The Labute approximate surface area is 166 Å². The minimum atomic E-state index is -4.67. The van der Waals surface area contributed by atoms with Gasteiger partial charge in [-0.05, 0) is 49.2 Å². The number of carbonyl (C=O) groups is 1. The second kappa shape index (κ2) is 8.87. The van der Waals surface area contributed by atoms with Gasteiger partial charge in [-0.25, -0.2) is 4.39 Å². The molecule has 28 heavy (non-hydrogen) atoms. The normalized spacial score (nSPS) is 19.6. The Morgan fingerprint density at radius 2 is 1.89 bits per heavy atom. The average molecular weight is 418 g/mol. The van der Waals surface area contributed by atoms with E-state index in [1.54, 1.807) is 12.1 Å². The first-order valence-corrected chi connectivity index (χ1v) is 8.57. The molecule has 1 amide bonds. The maximum Gasteiger partial charge on any atom is 0.418 e. The standard InChI is InChI=1S/C19H19F4N3O.ClH/c1-11-6-9-25-17(16(11)19(21,22)23)18(27)26-15-7-8-24-10-14(15)12-2-4-13(20)5-3-12;/h2-6,9,14-15,24H,7-8,10H2,1H3,(H,26,27);1H/t14-,15-;/m1./s1. The molecule has 1 aromatic heterocycles. The van der Waals surface area contributed by atoms with Crippen molar-refractivity contribution in [3.8, 4) is 0 Å². The van der Waals surface area contributed by atoms with Crippen LogP contribution in [0.3, 0.4) is 0 Å². The van der Waals surface area contributed by atoms with Crippen LogP contribution in [0.2, 0.25) is 0 Å². The Kier molecular flexibility index (Phi) is 7.01. The molecule has 0 unspecified atom stereocenters. The molecular formula is C19H20ClF4N3O. The van der Waals surface area contributed by atoms with Crippen LogP contribution < -0.4 is 10.6 Å². The molecule has 152 valence electrons. The fraction of sp³-hybridized carbons (Fsp3) is 0.368. The van der Waals surface area contributed by atoms with Gasteiger partial charge in [-0.1, -0.05) is 12.1 Å². The summed E-state index contributed by atoms with van der Waals surface area (Å²) in [5.41, 5.74) is -0.890. The Bertz CT molecular complexity index is 827. The number of alkyl halides is 3. The van der Waals surface area contributed by atoms with Crippen molar-refractivity contribution >= 4 is 18.3 Å². The largest absolute Gasteiger partial charge is 0.418 e. The lowest BCUT2D eigenvalue weighted by atomic mass is 9.86. The highest BCUT2D eigenvalue weighted by molar-refractivity contribution is 5.94. The van der Waals surface area contributed by atoms with Crippen LogP contribution in [0, 0.1) is 12.7 Å². The number of benzene rings is 1. The van der Waals surface area contributed by atoms with Gasteiger partial charge >= 0.3 is 6.18 Å². The van der Waals surface area contributed by atoms with Gasteiger partial charge in [0.05, 0.1) is 5.56 Å². The number of nitrogens with one attached hydrogen (secondary N) is 2. The van der Waals surface area contributed by atoms with E-state index >= 15 is 0 Å². The number of hydrogen-bond acceptors (Lipinski definition) is 3. The quantitative estimate of drug-likeness (QED) is 0.746. The maximum atomic E-state index is 13.4. The third-order valence-corrected chi connectivity index (χ3v) is 4.75. The van der Waals surface area contributed by atoms with Gasteiger partial charge in [-0.15, -0.1) is 12.4 Å². The van der Waals surface area contributed by atoms with Crippen molar-refractivity contribution in [1.82, 2.24) is 15.6 Å². The van der Waals surface area contributed by atoms with Gasteiger partial charge in [0.15, 0.2) is 0 Å². The molecular weight excluding hydrogens is 398 g/mol. The van der Waals surface area contributed by atoms with Gasteiger partial charge in [-0.2, -0.15) is 13.2 Å². The highest BCUT2D eigenvalue weighted by Crippen LogP contribution is 2.34. The van der Waals surface area contributed by atoms with Crippen molar-refractivity contribution < 1.29 is 22.4 Å². The van der Waals surface area contributed by atoms with Crippen molar-refractivity contribution in [2.75, 3.05) is 13.1 Å². The summed E-state index contributed by atoms with van der Waals surface area (Å²) in [5.74, 6) is -1.41. The van der Waals surface area contributed by atoms with E-state index in [0.29, 0.717) is 19.5 Å². The molecule has 2 heterocycles. The number of aryl methyl sites for hydroxylation is 1. The number of piperidine rings is 1. The van der Waals surface area contributed by atoms with E-state index in [1.165, 1.54) is 31.3 Å². The van der Waals surface area contributed by atoms with Gasteiger partial charge in [-0.3, -0.25) is 9.78 Å². The predicted molar refractivity (Wildman–Crippen MR) is 99.1 cm³/mol. The molecule has 0 bridgehead atoms. The number of nitrogens with zero attached hydrogens (tertiary/aromatic N) is 1. The van der Waals surface area contributed by atoms with Crippen molar-refractivity contribution in [1.29, 1.82) is 0 Å². The minimum Gasteiger partial charge on any atom is -0.347 e. The highest BCUT2D eigenvalue weighted by atomic mass is 35.5. The summed E-state index contributed by atoms with van der Waals surface area (Å²) in [6, 6.07) is 6.74. The summed E-state index contributed by atoms with van der Waals surface area (Å²) in [6.07, 6.45) is -2.93. The van der Waals surface area contributed by atoms with Gasteiger partial charge in [0.2, 0.25) is 0 Å². The van der Waals surface area contributed by atoms with Crippen LogP contribution in [-0.2, 0) is 6.18 Å². The van der Waals surface area contributed by atoms with E-state index in [2.05, 4.69) is 15.6 Å². The van der Waals surface area contributed by atoms with Gasteiger partial charge in [0.25, 0.3) is 5.91 Å². The van der Waals surface area contributed by atoms with E-state index in [9.17, 15) is 22.4 Å². The third kappa shape index (κ3) is 4.80. The molecule has 9 heteroatoms. The fourth-order valence-corrected chi connectivity index (χ4v) is 3.42. The Balaban J connectivity index is 0.00000280. The first kappa shape index (κ1) is 22.1. The molecule has 4 nitrogen and oxygen atoms in total. The van der Waals surface area contributed by atoms with Crippen LogP contribution in [0.15, 0.2) is 36.5 Å². The first-order chi connectivity index (χ1) is 12.8. The summed E-state index contributed by atoms with van der Waals surface area (Å²) in [4.78, 5) is 16.3. The van der Waals surface area contributed by atoms with E-state index in [1.807, 2.05) is 0 Å². The van der Waals surface area contributed by atoms with Crippen molar-refractivity contribution in [2.45, 2.75) is 31.5 Å². The lowest BCUT2D eigenvalue weighted by Crippen LogP contribution is -2.48. The molecule has 1 saturated heterocycles. The summed E-state index contributed by atoms with van der Waals surface area (Å²) in [5, 5.41) is 5.90. The molecule has 1 aliphatic heterocycles. The van der Waals surface area contributed by atoms with Crippen LogP contribution in [0.1, 0.15) is 39.5 Å². The molecule has 2 aromatic rings. The van der Waals surface area contributed by atoms with Gasteiger partial charge < -0.3 is 10.6 Å². The highest BCUT2D eigenvalue weighted by Gasteiger charge is 2.39. The summed E-state index contributed by atoms with van der Waals surface area (Å²) >= 11 is 0. The van der Waals surface area contributed by atoms with E-state index in [-0.39, 0.29) is 35.7 Å². The number of hydrogen-bond donors (Lipinski definition) is 2. The lowest BCUT2D eigenvalue weighted by molar-refractivity contribution is -0.138. The fourth-order valence-electron chi connectivity index (χ4n) is 3.42. The van der Waals surface area contributed by atoms with Crippen molar-refractivity contribution in [3.63, 3.8) is 0 Å². The van der Waals surface area contributed by atoms with Crippen LogP contribution in [-0.4, -0.2) is 30.0 Å². The van der Waals surface area contributed by atoms with E-state index in [0.717, 1.165) is 5.56 Å². The second-order valence-corrected chi connectivity index (χ2v) is 6.58. The summed E-state index contributed by atoms with van der Waals surface area (Å²) < 4.78 is 53.3. The van der Waals surface area contributed by atoms with E-state index < -0.39 is 23.3 Å². The molecule has 0 spiro atoms. The Hall–Kier alpha value is -2.19. The lowest BCUT2D eigenvalue weighted by Gasteiger charge is -2.33. The van der Waals surface area contributed by atoms with Gasteiger partial charge in [0, 0.05) is 24.7 Å². The third-order valence-electron chi connectivity index (χ3n) is 4.75. The molecule has 2 atom stereocenters. The number of rotatable bonds is 3. The van der Waals surface area contributed by atoms with Gasteiger partial charge in [0.1, 0.15) is 11.5 Å². The number of aromatic nitrogens is 1. The van der Waals surface area contributed by atoms with Crippen LogP contribution >= 0.6 is 12.4 Å². The average Bonchev–Trinajstić information content (AvgIpc) is 2.61. The molecule has 0 saturated carbocycles. The second-order valence-electron chi connectivity index (χ2n) is 6.58. The monoisotopic (exact) mass is 417 g/mol. The van der Waals surface area contributed by atoms with E-state index in [4.69, 9.17) is 0 Å². The number of pyridine rings is 1. The number of halogens is 5. The van der Waals surface area contributed by atoms with Crippen LogP contribution in [0.4, 0.5) is 17.6 Å². The first-order valence-electron chi connectivity index (χ1n) is 8.57. The van der Waals surface area contributed by atoms with Crippen LogP contribution in [0.25, 0.3) is 0 Å². The molecule has 2 N–H and O–H groups in total. The van der Waals surface area contributed by atoms with Crippen LogP contribution in [0.5, 0.6) is 0 Å². The topological polar surface area (TPSA) is 54.0 Å². The zero-order valence-electron chi connectivity index (χ0n) is 15.0. The summed E-state index contributed by atoms with van der Waals surface area (Å²) in [6.45, 7) is 2.45. The molecule has 3 rings (SSSR count). The predicted octanol–water partition coefficient (Wildman–Crippen LogP) is 3.85. The molecule has 0 aliphatic carbocycles. The smallest absolute Gasteiger partial charge is 0.347 e. The molecule has 0 radical (unpaired) electrons. The number of amides is 1. The zero-order valence-corrected chi connectivity index (χ0v) is 15.8. The Morgan fingerprint density at radius 3 is 2.54 bits per heavy atom. The molecule has 1 aromatic carbocycles. The van der Waals surface area contributed by atoms with Crippen molar-refractivity contribution in [2.24, 2.45) is 0 Å². The SMILES string of the molecule is Cc1ccnc(C(=O)N[C@@H]2CCNC[C@@H]2c2ccc(F)cc2)c1C(F)(F)F.Cl. The zero-order chi connectivity index (χ0) is 19.6. The maximum absolute atomic E-state index is 13.4.